The molecule has 2 heterocycles. The predicted molar refractivity (Wildman–Crippen MR) is 95.4 cm³/mol. The van der Waals surface area contributed by atoms with Gasteiger partial charge in [0, 0.05) is 6.08 Å². The minimum absolute atomic E-state index is 0.0528. The first kappa shape index (κ1) is 20.9. The minimum Gasteiger partial charge on any atom is -0.438 e. The Morgan fingerprint density at radius 2 is 1.79 bits per heavy atom. The number of hydrogen-bond donors (Lipinski definition) is 1. The van der Waals surface area contributed by atoms with Gasteiger partial charge in [0.25, 0.3) is 0 Å². The standard InChI is InChI=1S/C18H17F3N2O5S/c1-3-29(24,25)16-9-8-14(11-22-16)26-15-10-17(2,28-23-15)12-4-6-13(7-5-12)27-18(19,20)21/h4-11,23H,3H2,1-2H3/t17-/m1/s1. The van der Waals surface area contributed by atoms with Crippen LogP contribution >= 0.6 is 0 Å². The smallest absolute Gasteiger partial charge is 0.438 e. The third-order valence-electron chi connectivity index (χ3n) is 4.07. The Labute approximate surface area is 165 Å². The van der Waals surface area contributed by atoms with Crippen molar-refractivity contribution in [2.24, 2.45) is 0 Å². The molecule has 1 N–H and O–H groups in total. The third kappa shape index (κ3) is 4.98. The summed E-state index contributed by atoms with van der Waals surface area (Å²) in [6.07, 6.45) is -1.91. The van der Waals surface area contributed by atoms with Crippen LogP contribution < -0.4 is 15.0 Å². The molecular weight excluding hydrogens is 413 g/mol. The lowest BCUT2D eigenvalue weighted by atomic mass is 9.96. The van der Waals surface area contributed by atoms with Crippen molar-refractivity contribution in [3.63, 3.8) is 0 Å². The first-order valence-electron chi connectivity index (χ1n) is 8.40. The van der Waals surface area contributed by atoms with E-state index in [-0.39, 0.29) is 28.2 Å². The van der Waals surface area contributed by atoms with E-state index in [0.29, 0.717) is 5.56 Å². The maximum absolute atomic E-state index is 12.3. The zero-order valence-corrected chi connectivity index (χ0v) is 16.2. The van der Waals surface area contributed by atoms with Gasteiger partial charge in [0.2, 0.25) is 5.88 Å². The molecule has 29 heavy (non-hydrogen) atoms. The summed E-state index contributed by atoms with van der Waals surface area (Å²) in [5, 5.41) is -0.0528. The van der Waals surface area contributed by atoms with Gasteiger partial charge in [-0.05, 0) is 36.8 Å². The van der Waals surface area contributed by atoms with E-state index in [9.17, 15) is 21.6 Å². The van der Waals surface area contributed by atoms with Crippen molar-refractivity contribution < 1.29 is 35.9 Å². The van der Waals surface area contributed by atoms with Crippen molar-refractivity contribution in [1.29, 1.82) is 0 Å². The summed E-state index contributed by atoms with van der Waals surface area (Å²) in [6, 6.07) is 8.03. The Morgan fingerprint density at radius 1 is 1.14 bits per heavy atom. The highest BCUT2D eigenvalue weighted by Crippen LogP contribution is 2.33. The summed E-state index contributed by atoms with van der Waals surface area (Å²) in [5.74, 6) is 0.0902. The molecule has 0 fully saturated rings. The fourth-order valence-corrected chi connectivity index (χ4v) is 3.32. The van der Waals surface area contributed by atoms with Gasteiger partial charge in [-0.15, -0.1) is 13.2 Å². The number of aromatic nitrogens is 1. The van der Waals surface area contributed by atoms with E-state index < -0.39 is 21.8 Å². The van der Waals surface area contributed by atoms with Crippen molar-refractivity contribution in [3.8, 4) is 11.5 Å². The van der Waals surface area contributed by atoms with E-state index in [1.54, 1.807) is 13.0 Å². The number of pyridine rings is 1. The van der Waals surface area contributed by atoms with E-state index in [1.165, 1.54) is 49.5 Å². The lowest BCUT2D eigenvalue weighted by Gasteiger charge is -2.20. The van der Waals surface area contributed by atoms with Crippen LogP contribution in [-0.2, 0) is 20.3 Å². The summed E-state index contributed by atoms with van der Waals surface area (Å²) in [6.45, 7) is 3.21. The van der Waals surface area contributed by atoms with E-state index >= 15 is 0 Å². The minimum atomic E-state index is -4.77. The second-order valence-electron chi connectivity index (χ2n) is 6.23. The Hall–Kier alpha value is -2.79. The summed E-state index contributed by atoms with van der Waals surface area (Å²) < 4.78 is 69.8. The molecule has 0 bridgehead atoms. The topological polar surface area (TPSA) is 86.8 Å². The number of benzene rings is 1. The van der Waals surface area contributed by atoms with Crippen molar-refractivity contribution in [2.45, 2.75) is 30.8 Å². The number of rotatable bonds is 6. The summed E-state index contributed by atoms with van der Waals surface area (Å²) in [4.78, 5) is 9.38. The van der Waals surface area contributed by atoms with Gasteiger partial charge < -0.3 is 9.47 Å². The quantitative estimate of drug-likeness (QED) is 0.751. The van der Waals surface area contributed by atoms with Crippen LogP contribution in [0.3, 0.4) is 0 Å². The highest BCUT2D eigenvalue weighted by atomic mass is 32.2. The average Bonchev–Trinajstić information content (AvgIpc) is 3.03. The van der Waals surface area contributed by atoms with Crippen LogP contribution in [-0.4, -0.2) is 25.5 Å². The maximum Gasteiger partial charge on any atom is 0.573 e. The molecular formula is C18H17F3N2O5S. The molecule has 0 saturated carbocycles. The molecule has 2 aromatic rings. The molecule has 7 nitrogen and oxygen atoms in total. The molecule has 0 aliphatic carbocycles. The van der Waals surface area contributed by atoms with Gasteiger partial charge in [-0.1, -0.05) is 19.1 Å². The molecule has 0 unspecified atom stereocenters. The number of sulfone groups is 1. The van der Waals surface area contributed by atoms with Gasteiger partial charge in [0.05, 0.1) is 11.9 Å². The molecule has 1 aromatic carbocycles. The molecule has 1 aliphatic heterocycles. The second kappa shape index (κ2) is 7.56. The lowest BCUT2D eigenvalue weighted by molar-refractivity contribution is -0.274. The fraction of sp³-hybridized carbons (Fsp3) is 0.278. The van der Waals surface area contributed by atoms with Crippen molar-refractivity contribution in [3.05, 3.63) is 60.1 Å². The maximum atomic E-state index is 12.3. The number of ether oxygens (including phenoxy) is 2. The third-order valence-corrected chi connectivity index (χ3v) is 5.71. The summed E-state index contributed by atoms with van der Waals surface area (Å²) in [5.41, 5.74) is 2.13. The Kier molecular flexibility index (Phi) is 5.46. The van der Waals surface area contributed by atoms with E-state index in [4.69, 9.17) is 9.57 Å². The first-order valence-corrected chi connectivity index (χ1v) is 10.1. The van der Waals surface area contributed by atoms with Crippen molar-refractivity contribution >= 4 is 9.84 Å². The number of hydroxylamine groups is 1. The largest absolute Gasteiger partial charge is 0.573 e. The predicted octanol–water partition coefficient (Wildman–Crippen LogP) is 3.44. The molecule has 3 rings (SSSR count). The zero-order chi connectivity index (χ0) is 21.3. The van der Waals surface area contributed by atoms with Gasteiger partial charge in [-0.3, -0.25) is 4.84 Å². The number of halogens is 3. The summed E-state index contributed by atoms with van der Waals surface area (Å²) >= 11 is 0. The average molecular weight is 430 g/mol. The van der Waals surface area contributed by atoms with Crippen molar-refractivity contribution in [2.75, 3.05) is 5.75 Å². The molecule has 0 spiro atoms. The van der Waals surface area contributed by atoms with Gasteiger partial charge in [-0.2, -0.15) is 0 Å². The molecule has 1 atom stereocenters. The SMILES string of the molecule is CCS(=O)(=O)c1ccc(OC2=C[C@](C)(c3ccc(OC(F)(F)F)cc3)ON2)cn1. The normalized spacial score (nSPS) is 19.4. The van der Waals surface area contributed by atoms with Crippen LogP contribution in [0.4, 0.5) is 13.2 Å². The number of hydrogen-bond acceptors (Lipinski definition) is 7. The van der Waals surface area contributed by atoms with E-state index in [2.05, 4.69) is 15.2 Å². The molecule has 0 amide bonds. The molecule has 1 aromatic heterocycles. The molecule has 156 valence electrons. The second-order valence-corrected chi connectivity index (χ2v) is 8.45. The van der Waals surface area contributed by atoms with Crippen LogP contribution in [0.15, 0.2) is 59.6 Å². The Balaban J connectivity index is 1.72. The van der Waals surface area contributed by atoms with E-state index in [0.717, 1.165) is 0 Å². The van der Waals surface area contributed by atoms with Crippen LogP contribution in [0.25, 0.3) is 0 Å². The van der Waals surface area contributed by atoms with Crippen LogP contribution in [0, 0.1) is 0 Å². The highest BCUT2D eigenvalue weighted by molar-refractivity contribution is 7.91. The molecule has 0 saturated heterocycles. The molecule has 11 heteroatoms. The van der Waals surface area contributed by atoms with Gasteiger partial charge in [-0.25, -0.2) is 18.9 Å². The van der Waals surface area contributed by atoms with Crippen molar-refractivity contribution in [1.82, 2.24) is 10.5 Å². The number of nitrogens with zero attached hydrogens (tertiary/aromatic N) is 1. The van der Waals surface area contributed by atoms with Crippen LogP contribution in [0.5, 0.6) is 11.5 Å². The number of nitrogens with one attached hydrogen (secondary N) is 1. The van der Waals surface area contributed by atoms with Gasteiger partial charge in [0.1, 0.15) is 17.1 Å². The Morgan fingerprint density at radius 3 is 2.34 bits per heavy atom. The van der Waals surface area contributed by atoms with Gasteiger partial charge >= 0.3 is 6.36 Å². The Bertz CT molecular complexity index is 1010. The van der Waals surface area contributed by atoms with Crippen LogP contribution in [0.1, 0.15) is 19.4 Å². The first-order chi connectivity index (χ1) is 13.5. The molecule has 1 aliphatic rings. The zero-order valence-electron chi connectivity index (χ0n) is 15.4. The summed E-state index contributed by atoms with van der Waals surface area (Å²) in [7, 11) is -3.41. The monoisotopic (exact) mass is 430 g/mol. The fourth-order valence-electron chi connectivity index (χ4n) is 2.53. The van der Waals surface area contributed by atoms with E-state index in [1.807, 2.05) is 0 Å². The number of alkyl halides is 3. The molecule has 0 radical (unpaired) electrons. The van der Waals surface area contributed by atoms with Crippen LogP contribution in [0.2, 0.25) is 0 Å². The highest BCUT2D eigenvalue weighted by Gasteiger charge is 2.34. The van der Waals surface area contributed by atoms with Gasteiger partial charge in [0.15, 0.2) is 14.9 Å². The lowest BCUT2D eigenvalue weighted by Crippen LogP contribution is -2.23.